The van der Waals surface area contributed by atoms with Gasteiger partial charge < -0.3 is 4.52 Å². The highest BCUT2D eigenvalue weighted by Crippen LogP contribution is 2.21. The quantitative estimate of drug-likeness (QED) is 0.741. The Labute approximate surface area is 94.3 Å². The third-order valence-electron chi connectivity index (χ3n) is 1.88. The van der Waals surface area contributed by atoms with E-state index in [2.05, 4.69) is 10.1 Å². The van der Waals surface area contributed by atoms with Crippen LogP contribution in [0.4, 0.5) is 4.39 Å². The molecule has 0 unspecified atom stereocenters. The van der Waals surface area contributed by atoms with Crippen molar-refractivity contribution in [3.05, 3.63) is 35.4 Å². The van der Waals surface area contributed by atoms with Crippen LogP contribution in [0.5, 0.6) is 0 Å². The van der Waals surface area contributed by atoms with Crippen molar-refractivity contribution in [1.29, 1.82) is 0 Å². The molecule has 0 aliphatic heterocycles. The minimum absolute atomic E-state index is 0.222. The van der Waals surface area contributed by atoms with Crippen molar-refractivity contribution in [1.82, 2.24) is 10.1 Å². The van der Waals surface area contributed by atoms with Gasteiger partial charge in [0.2, 0.25) is 0 Å². The third kappa shape index (κ3) is 2.66. The largest absolute Gasteiger partial charge is 0.334 e. The van der Waals surface area contributed by atoms with E-state index < -0.39 is 0 Å². The van der Waals surface area contributed by atoms with Crippen molar-refractivity contribution < 1.29 is 8.91 Å². The molecule has 0 aliphatic carbocycles. The first-order chi connectivity index (χ1) is 7.66. The summed E-state index contributed by atoms with van der Waals surface area (Å²) in [5, 5.41) is 3.60. The molecular formula is C12H15FN2O. The smallest absolute Gasteiger partial charge is 0.260 e. The van der Waals surface area contributed by atoms with Crippen LogP contribution >= 0.6 is 0 Å². The monoisotopic (exact) mass is 222 g/mol. The number of benzene rings is 1. The normalized spacial score (nSPS) is 9.56. The SMILES string of the molecule is CC.Cc1ccc(-c2nc(C)no2)c(F)c1. The fraction of sp³-hybridized carbons (Fsp3) is 0.333. The average Bonchev–Trinajstić information content (AvgIpc) is 2.68. The fourth-order valence-electron chi connectivity index (χ4n) is 1.20. The Kier molecular flexibility index (Phi) is 4.17. The molecule has 0 saturated heterocycles. The second-order valence-electron chi connectivity index (χ2n) is 3.13. The number of aryl methyl sites for hydroxylation is 2. The van der Waals surface area contributed by atoms with Crippen molar-refractivity contribution >= 4 is 0 Å². The van der Waals surface area contributed by atoms with E-state index in [-0.39, 0.29) is 11.7 Å². The predicted octanol–water partition coefficient (Wildman–Crippen LogP) is 3.52. The molecule has 0 atom stereocenters. The summed E-state index contributed by atoms with van der Waals surface area (Å²) in [4.78, 5) is 3.95. The Hall–Kier alpha value is -1.71. The fourth-order valence-corrected chi connectivity index (χ4v) is 1.20. The van der Waals surface area contributed by atoms with Gasteiger partial charge in [0.05, 0.1) is 5.56 Å². The van der Waals surface area contributed by atoms with E-state index >= 15 is 0 Å². The predicted molar refractivity (Wildman–Crippen MR) is 60.5 cm³/mol. The van der Waals surface area contributed by atoms with Crippen LogP contribution in [0.15, 0.2) is 22.7 Å². The lowest BCUT2D eigenvalue weighted by Crippen LogP contribution is -1.85. The second kappa shape index (κ2) is 5.39. The Balaban J connectivity index is 0.000000606. The van der Waals surface area contributed by atoms with Crippen molar-refractivity contribution in [2.75, 3.05) is 0 Å². The van der Waals surface area contributed by atoms with Gasteiger partial charge in [-0.05, 0) is 31.5 Å². The Morgan fingerprint density at radius 2 is 1.88 bits per heavy atom. The first-order valence-corrected chi connectivity index (χ1v) is 5.23. The summed E-state index contributed by atoms with van der Waals surface area (Å²) in [5.74, 6) is 0.383. The number of aromatic nitrogens is 2. The van der Waals surface area contributed by atoms with Crippen molar-refractivity contribution in [3.8, 4) is 11.5 Å². The Bertz CT molecular complexity index is 466. The summed E-state index contributed by atoms with van der Waals surface area (Å²) in [6.45, 7) is 7.52. The molecule has 16 heavy (non-hydrogen) atoms. The number of hydrogen-bond donors (Lipinski definition) is 0. The van der Waals surface area contributed by atoms with Crippen LogP contribution < -0.4 is 0 Å². The lowest BCUT2D eigenvalue weighted by Gasteiger charge is -1.97. The van der Waals surface area contributed by atoms with Crippen LogP contribution in [0, 0.1) is 19.7 Å². The summed E-state index contributed by atoms with van der Waals surface area (Å²) in [7, 11) is 0. The van der Waals surface area contributed by atoms with Crippen LogP contribution in [0.1, 0.15) is 25.2 Å². The van der Waals surface area contributed by atoms with Gasteiger partial charge in [-0.1, -0.05) is 25.1 Å². The number of nitrogens with zero attached hydrogens (tertiary/aromatic N) is 2. The van der Waals surface area contributed by atoms with Gasteiger partial charge in [-0.3, -0.25) is 0 Å². The van der Waals surface area contributed by atoms with Crippen LogP contribution in [0.3, 0.4) is 0 Å². The Morgan fingerprint density at radius 3 is 2.38 bits per heavy atom. The van der Waals surface area contributed by atoms with Crippen molar-refractivity contribution in [2.45, 2.75) is 27.7 Å². The number of rotatable bonds is 1. The van der Waals surface area contributed by atoms with Crippen molar-refractivity contribution in [2.24, 2.45) is 0 Å². The van der Waals surface area contributed by atoms with Crippen LogP contribution in [0.2, 0.25) is 0 Å². The molecule has 1 aromatic heterocycles. The number of hydrogen-bond acceptors (Lipinski definition) is 3. The zero-order chi connectivity index (χ0) is 12.1. The molecule has 0 spiro atoms. The molecule has 0 fully saturated rings. The van der Waals surface area contributed by atoms with E-state index in [4.69, 9.17) is 4.52 Å². The molecule has 4 heteroatoms. The van der Waals surface area contributed by atoms with Gasteiger partial charge in [0.15, 0.2) is 5.82 Å². The van der Waals surface area contributed by atoms with Gasteiger partial charge in [0, 0.05) is 0 Å². The van der Waals surface area contributed by atoms with Crippen LogP contribution in [-0.4, -0.2) is 10.1 Å². The molecule has 2 aromatic rings. The van der Waals surface area contributed by atoms with Crippen molar-refractivity contribution in [3.63, 3.8) is 0 Å². The van der Waals surface area contributed by atoms with Gasteiger partial charge in [-0.15, -0.1) is 0 Å². The first kappa shape index (κ1) is 12.4. The maximum atomic E-state index is 13.4. The van der Waals surface area contributed by atoms with E-state index in [9.17, 15) is 4.39 Å². The van der Waals surface area contributed by atoms with E-state index in [0.29, 0.717) is 11.4 Å². The molecule has 86 valence electrons. The van der Waals surface area contributed by atoms with E-state index in [1.54, 1.807) is 19.1 Å². The average molecular weight is 222 g/mol. The zero-order valence-corrected chi connectivity index (χ0v) is 9.91. The highest BCUT2D eigenvalue weighted by atomic mass is 19.1. The maximum Gasteiger partial charge on any atom is 0.260 e. The molecule has 0 N–H and O–H groups in total. The molecule has 0 amide bonds. The topological polar surface area (TPSA) is 38.9 Å². The Morgan fingerprint density at radius 1 is 1.19 bits per heavy atom. The molecule has 0 radical (unpaired) electrons. The van der Waals surface area contributed by atoms with E-state index in [1.807, 2.05) is 20.8 Å². The summed E-state index contributed by atoms with van der Waals surface area (Å²) in [5.41, 5.74) is 1.21. The molecule has 0 bridgehead atoms. The molecule has 0 aliphatic rings. The maximum absolute atomic E-state index is 13.4. The standard InChI is InChI=1S/C10H9FN2O.C2H6/c1-6-3-4-8(9(11)5-6)10-12-7(2)13-14-10;1-2/h3-5H,1-2H3;1-2H3. The second-order valence-corrected chi connectivity index (χ2v) is 3.13. The lowest BCUT2D eigenvalue weighted by atomic mass is 10.1. The summed E-state index contributed by atoms with van der Waals surface area (Å²) >= 11 is 0. The van der Waals surface area contributed by atoms with E-state index in [0.717, 1.165) is 5.56 Å². The summed E-state index contributed by atoms with van der Waals surface area (Å²) < 4.78 is 18.3. The molecular weight excluding hydrogens is 207 g/mol. The number of halogens is 1. The highest BCUT2D eigenvalue weighted by Gasteiger charge is 2.11. The van der Waals surface area contributed by atoms with Crippen LogP contribution in [0.25, 0.3) is 11.5 Å². The molecule has 0 saturated carbocycles. The molecule has 1 aromatic carbocycles. The van der Waals surface area contributed by atoms with Gasteiger partial charge >= 0.3 is 0 Å². The van der Waals surface area contributed by atoms with Gasteiger partial charge in [-0.2, -0.15) is 4.98 Å². The highest BCUT2D eigenvalue weighted by molar-refractivity contribution is 5.54. The van der Waals surface area contributed by atoms with Gasteiger partial charge in [0.1, 0.15) is 5.82 Å². The molecule has 2 rings (SSSR count). The molecule has 1 heterocycles. The minimum Gasteiger partial charge on any atom is -0.334 e. The van der Waals surface area contributed by atoms with E-state index in [1.165, 1.54) is 6.07 Å². The lowest BCUT2D eigenvalue weighted by molar-refractivity contribution is 0.423. The van der Waals surface area contributed by atoms with Gasteiger partial charge in [-0.25, -0.2) is 4.39 Å². The van der Waals surface area contributed by atoms with Crippen LogP contribution in [-0.2, 0) is 0 Å². The summed E-state index contributed by atoms with van der Waals surface area (Å²) in [6, 6.07) is 4.88. The first-order valence-electron chi connectivity index (χ1n) is 5.23. The minimum atomic E-state index is -0.339. The van der Waals surface area contributed by atoms with Gasteiger partial charge in [0.25, 0.3) is 5.89 Å². The zero-order valence-electron chi connectivity index (χ0n) is 9.91. The molecule has 3 nitrogen and oxygen atoms in total. The third-order valence-corrected chi connectivity index (χ3v) is 1.88. The summed E-state index contributed by atoms with van der Waals surface area (Å²) in [6.07, 6.45) is 0.